The van der Waals surface area contributed by atoms with Crippen LogP contribution in [-0.4, -0.2) is 43.3 Å². The third kappa shape index (κ3) is 4.00. The standard InChI is InChI=1S/C26H24N4O6/c1-33-15-9-13(10-16(11-15)34-2)28-26(32)30-23-22-18-12-14(3-5-19(18)36-24(22)23)35-20-7-8-27-25-17(20)4-6-21(31)29-25/h3,5,7-12,22-24H,4,6H2,1-2H3,(H,27,29,31)(H2,28,30,32)/t22-,23+,24-/m0/s1. The number of rotatable bonds is 6. The Hall–Kier alpha value is -4.47. The van der Waals surface area contributed by atoms with Gasteiger partial charge >= 0.3 is 6.03 Å². The number of hydrogen-bond acceptors (Lipinski definition) is 7. The quantitative estimate of drug-likeness (QED) is 0.482. The number of aromatic nitrogens is 1. The molecule has 6 rings (SSSR count). The maximum atomic E-state index is 12.7. The van der Waals surface area contributed by atoms with Crippen molar-refractivity contribution < 1.29 is 28.5 Å². The van der Waals surface area contributed by atoms with Crippen LogP contribution in [0.25, 0.3) is 0 Å². The number of pyridine rings is 1. The number of hydrogen-bond donors (Lipinski definition) is 3. The van der Waals surface area contributed by atoms with Crippen molar-refractivity contribution in [1.29, 1.82) is 0 Å². The monoisotopic (exact) mass is 488 g/mol. The first-order valence-corrected chi connectivity index (χ1v) is 11.6. The van der Waals surface area contributed by atoms with Gasteiger partial charge in [-0.3, -0.25) is 4.79 Å². The van der Waals surface area contributed by atoms with Crippen LogP contribution in [0.15, 0.2) is 48.7 Å². The summed E-state index contributed by atoms with van der Waals surface area (Å²) < 4.78 is 22.7. The molecular formula is C26H24N4O6. The molecule has 3 heterocycles. The number of carbonyl (C=O) groups excluding carboxylic acids is 2. The van der Waals surface area contributed by atoms with E-state index in [1.807, 2.05) is 18.2 Å². The fraction of sp³-hybridized carbons (Fsp3) is 0.269. The van der Waals surface area contributed by atoms with Crippen molar-refractivity contribution in [2.24, 2.45) is 0 Å². The smallest absolute Gasteiger partial charge is 0.319 e. The number of urea groups is 1. The third-order valence-corrected chi connectivity index (χ3v) is 6.56. The highest BCUT2D eigenvalue weighted by atomic mass is 16.5. The maximum Gasteiger partial charge on any atom is 0.319 e. The second kappa shape index (κ2) is 8.63. The molecule has 1 aromatic heterocycles. The summed E-state index contributed by atoms with van der Waals surface area (Å²) in [6.07, 6.45) is 2.46. The van der Waals surface area contributed by atoms with Crippen molar-refractivity contribution in [3.8, 4) is 28.7 Å². The average Bonchev–Trinajstić information content (AvgIpc) is 3.39. The number of benzene rings is 2. The van der Waals surface area contributed by atoms with Gasteiger partial charge in [-0.1, -0.05) is 0 Å². The van der Waals surface area contributed by atoms with Gasteiger partial charge in [0.05, 0.1) is 26.2 Å². The van der Waals surface area contributed by atoms with Crippen LogP contribution in [0, 0.1) is 0 Å². The van der Waals surface area contributed by atoms with Gasteiger partial charge in [0.25, 0.3) is 0 Å². The van der Waals surface area contributed by atoms with E-state index in [2.05, 4.69) is 20.9 Å². The molecule has 1 aliphatic carbocycles. The molecule has 0 bridgehead atoms. The molecular weight excluding hydrogens is 464 g/mol. The van der Waals surface area contributed by atoms with Crippen LogP contribution < -0.4 is 34.9 Å². The molecule has 0 spiro atoms. The molecule has 3 amide bonds. The Labute approximate surface area is 206 Å². The Balaban J connectivity index is 1.13. The topological polar surface area (TPSA) is 120 Å². The van der Waals surface area contributed by atoms with Crippen molar-refractivity contribution in [1.82, 2.24) is 10.3 Å². The Morgan fingerprint density at radius 3 is 2.64 bits per heavy atom. The van der Waals surface area contributed by atoms with Crippen LogP contribution in [0.1, 0.15) is 23.5 Å². The van der Waals surface area contributed by atoms with E-state index in [9.17, 15) is 9.59 Å². The predicted molar refractivity (Wildman–Crippen MR) is 130 cm³/mol. The van der Waals surface area contributed by atoms with Crippen LogP contribution in [0.5, 0.6) is 28.7 Å². The van der Waals surface area contributed by atoms with E-state index in [0.29, 0.717) is 47.3 Å². The first kappa shape index (κ1) is 22.0. The molecule has 0 saturated heterocycles. The summed E-state index contributed by atoms with van der Waals surface area (Å²) in [5.41, 5.74) is 2.42. The van der Waals surface area contributed by atoms with Crippen LogP contribution in [0.3, 0.4) is 0 Å². The van der Waals surface area contributed by atoms with E-state index < -0.39 is 0 Å². The lowest BCUT2D eigenvalue weighted by Gasteiger charge is -2.19. The van der Waals surface area contributed by atoms with Crippen molar-refractivity contribution in [2.75, 3.05) is 24.9 Å². The number of methoxy groups -OCH3 is 2. The third-order valence-electron chi connectivity index (χ3n) is 6.56. The Morgan fingerprint density at radius 1 is 1.06 bits per heavy atom. The number of amides is 3. The zero-order chi connectivity index (χ0) is 24.8. The van der Waals surface area contributed by atoms with E-state index in [0.717, 1.165) is 16.9 Å². The summed E-state index contributed by atoms with van der Waals surface area (Å²) in [5.74, 6) is 3.80. The van der Waals surface area contributed by atoms with E-state index in [-0.39, 0.29) is 30.0 Å². The summed E-state index contributed by atoms with van der Waals surface area (Å²) in [7, 11) is 3.11. The minimum atomic E-state index is -0.340. The van der Waals surface area contributed by atoms with Gasteiger partial charge in [0.2, 0.25) is 5.91 Å². The minimum Gasteiger partial charge on any atom is -0.497 e. The molecule has 1 fully saturated rings. The van der Waals surface area contributed by atoms with E-state index in [4.69, 9.17) is 18.9 Å². The molecule has 0 unspecified atom stereocenters. The molecule has 3 aliphatic rings. The molecule has 0 radical (unpaired) electrons. The molecule has 3 aromatic rings. The average molecular weight is 489 g/mol. The zero-order valence-corrected chi connectivity index (χ0v) is 19.7. The van der Waals surface area contributed by atoms with Crippen LogP contribution >= 0.6 is 0 Å². The Bertz CT molecular complexity index is 1350. The predicted octanol–water partition coefficient (Wildman–Crippen LogP) is 3.82. The van der Waals surface area contributed by atoms with Gasteiger partial charge in [0.1, 0.15) is 40.7 Å². The SMILES string of the molecule is COc1cc(NC(=O)N[C@H]2[C@H]3Oc4ccc(Oc5ccnc6c5CCC(=O)N6)cc4[C@@H]23)cc(OC)c1. The van der Waals surface area contributed by atoms with E-state index in [1.54, 1.807) is 44.7 Å². The van der Waals surface area contributed by atoms with Crippen molar-refractivity contribution >= 4 is 23.4 Å². The van der Waals surface area contributed by atoms with Crippen molar-refractivity contribution in [3.05, 3.63) is 59.8 Å². The largest absolute Gasteiger partial charge is 0.497 e. The van der Waals surface area contributed by atoms with Gasteiger partial charge in [0, 0.05) is 47.6 Å². The maximum absolute atomic E-state index is 12.7. The fourth-order valence-corrected chi connectivity index (χ4v) is 4.75. The molecule has 2 aliphatic heterocycles. The van der Waals surface area contributed by atoms with Crippen LogP contribution in [0.4, 0.5) is 16.3 Å². The molecule has 1 saturated carbocycles. The zero-order valence-electron chi connectivity index (χ0n) is 19.7. The van der Waals surface area contributed by atoms with Gasteiger partial charge in [-0.05, 0) is 30.7 Å². The lowest BCUT2D eigenvalue weighted by Crippen LogP contribution is -2.34. The fourth-order valence-electron chi connectivity index (χ4n) is 4.75. The van der Waals surface area contributed by atoms with Gasteiger partial charge in [-0.2, -0.15) is 0 Å². The molecule has 184 valence electrons. The highest BCUT2D eigenvalue weighted by Gasteiger charge is 2.59. The first-order valence-electron chi connectivity index (χ1n) is 11.6. The number of fused-ring (bicyclic) bond motifs is 4. The van der Waals surface area contributed by atoms with Gasteiger partial charge in [0.15, 0.2) is 0 Å². The van der Waals surface area contributed by atoms with Crippen molar-refractivity contribution in [2.45, 2.75) is 30.9 Å². The van der Waals surface area contributed by atoms with Gasteiger partial charge < -0.3 is 34.9 Å². The molecule has 3 N–H and O–H groups in total. The van der Waals surface area contributed by atoms with E-state index >= 15 is 0 Å². The summed E-state index contributed by atoms with van der Waals surface area (Å²) in [4.78, 5) is 28.6. The molecule has 10 nitrogen and oxygen atoms in total. The number of ether oxygens (including phenoxy) is 4. The highest BCUT2D eigenvalue weighted by molar-refractivity contribution is 5.93. The minimum absolute atomic E-state index is 0.0415. The molecule has 10 heteroatoms. The number of carbonyl (C=O) groups is 2. The second-order valence-electron chi connectivity index (χ2n) is 8.82. The molecule has 36 heavy (non-hydrogen) atoms. The first-order chi connectivity index (χ1) is 17.5. The Kier molecular flexibility index (Phi) is 5.28. The van der Waals surface area contributed by atoms with Crippen LogP contribution in [0.2, 0.25) is 0 Å². The highest BCUT2D eigenvalue weighted by Crippen LogP contribution is 2.54. The van der Waals surface area contributed by atoms with Gasteiger partial charge in [-0.25, -0.2) is 9.78 Å². The summed E-state index contributed by atoms with van der Waals surface area (Å²) in [6, 6.07) is 12.1. The lowest BCUT2D eigenvalue weighted by molar-refractivity contribution is -0.116. The number of nitrogens with one attached hydrogen (secondary N) is 3. The normalized spacial score (nSPS) is 20.6. The summed E-state index contributed by atoms with van der Waals surface area (Å²) in [6.45, 7) is 0. The van der Waals surface area contributed by atoms with Crippen LogP contribution in [-0.2, 0) is 11.2 Å². The summed E-state index contributed by atoms with van der Waals surface area (Å²) >= 11 is 0. The summed E-state index contributed by atoms with van der Waals surface area (Å²) in [5, 5.41) is 8.60. The Morgan fingerprint density at radius 2 is 1.86 bits per heavy atom. The van der Waals surface area contributed by atoms with Crippen molar-refractivity contribution in [3.63, 3.8) is 0 Å². The molecule has 2 aromatic carbocycles. The van der Waals surface area contributed by atoms with E-state index in [1.165, 1.54) is 0 Å². The molecule has 3 atom stereocenters. The second-order valence-corrected chi connectivity index (χ2v) is 8.82. The van der Waals surface area contributed by atoms with Gasteiger partial charge in [-0.15, -0.1) is 0 Å². The number of nitrogens with zero attached hydrogens (tertiary/aromatic N) is 1. The lowest BCUT2D eigenvalue weighted by atomic mass is 10.1. The number of anilines is 2.